The molecule has 0 radical (unpaired) electrons. The highest BCUT2D eigenvalue weighted by Crippen LogP contribution is 2.25. The molecule has 0 saturated carbocycles. The third kappa shape index (κ3) is 2.60. The smallest absolute Gasteiger partial charge is 0.261 e. The van der Waals surface area contributed by atoms with Crippen LogP contribution < -0.4 is 5.56 Å². The maximum absolute atomic E-state index is 12.5. The van der Waals surface area contributed by atoms with Gasteiger partial charge in [-0.05, 0) is 13.0 Å². The number of aliphatic hydroxyl groups excluding tert-OH is 1. The number of hydrogen-bond acceptors (Lipinski definition) is 5. The van der Waals surface area contributed by atoms with E-state index in [0.29, 0.717) is 16.6 Å². The third-order valence-corrected chi connectivity index (χ3v) is 3.41. The van der Waals surface area contributed by atoms with Crippen LogP contribution in [0, 0.1) is 0 Å². The highest BCUT2D eigenvalue weighted by Gasteiger charge is 2.14. The molecule has 8 heteroatoms. The lowest BCUT2D eigenvalue weighted by molar-refractivity contribution is 0.172. The number of hydrogen-bond donors (Lipinski definition) is 1. The molecule has 3 rings (SSSR count). The van der Waals surface area contributed by atoms with E-state index in [2.05, 4.69) is 15.1 Å². The Bertz CT molecular complexity index is 900. The molecule has 22 heavy (non-hydrogen) atoms. The lowest BCUT2D eigenvalue weighted by Gasteiger charge is -2.10. The molecule has 0 spiro atoms. The number of aryl methyl sites for hydroxylation is 1. The summed E-state index contributed by atoms with van der Waals surface area (Å²) in [4.78, 5) is 21.1. The molecule has 0 bridgehead atoms. The summed E-state index contributed by atoms with van der Waals surface area (Å²) < 4.78 is 2.99. The van der Waals surface area contributed by atoms with E-state index in [0.717, 1.165) is 5.56 Å². The first-order valence-electron chi connectivity index (χ1n) is 6.68. The summed E-state index contributed by atoms with van der Waals surface area (Å²) in [5.41, 5.74) is 1.44. The van der Waals surface area contributed by atoms with Crippen LogP contribution in [0.2, 0.25) is 5.15 Å². The van der Waals surface area contributed by atoms with E-state index < -0.39 is 6.10 Å². The Morgan fingerprint density at radius 3 is 2.86 bits per heavy atom. The van der Waals surface area contributed by atoms with E-state index in [9.17, 15) is 9.90 Å². The highest BCUT2D eigenvalue weighted by molar-refractivity contribution is 6.30. The molecule has 1 atom stereocenters. The molecule has 0 amide bonds. The quantitative estimate of drug-likeness (QED) is 0.734. The first-order valence-corrected chi connectivity index (χ1v) is 7.06. The second kappa shape index (κ2) is 5.51. The molecule has 0 aliphatic heterocycles. The van der Waals surface area contributed by atoms with Gasteiger partial charge in [0.1, 0.15) is 16.4 Å². The summed E-state index contributed by atoms with van der Waals surface area (Å²) in [6.07, 6.45) is 4.18. The summed E-state index contributed by atoms with van der Waals surface area (Å²) >= 11 is 6.05. The molecule has 3 aromatic heterocycles. The molecular formula is C14H14ClN5O2. The normalized spacial score (nSPS) is 12.7. The van der Waals surface area contributed by atoms with Crippen LogP contribution in [0.15, 0.2) is 29.6 Å². The third-order valence-electron chi connectivity index (χ3n) is 3.22. The predicted octanol–water partition coefficient (Wildman–Crippen LogP) is 1.23. The molecule has 0 saturated heterocycles. The van der Waals surface area contributed by atoms with Gasteiger partial charge in [0.25, 0.3) is 5.56 Å². The molecule has 0 aliphatic carbocycles. The van der Waals surface area contributed by atoms with Crippen molar-refractivity contribution in [2.45, 2.75) is 19.6 Å². The van der Waals surface area contributed by atoms with Crippen LogP contribution in [0.4, 0.5) is 0 Å². The highest BCUT2D eigenvalue weighted by atomic mass is 35.5. The molecule has 0 aliphatic rings. The van der Waals surface area contributed by atoms with Crippen molar-refractivity contribution in [3.63, 3.8) is 0 Å². The van der Waals surface area contributed by atoms with Crippen LogP contribution in [0.1, 0.15) is 6.92 Å². The number of aromatic nitrogens is 5. The van der Waals surface area contributed by atoms with Crippen LogP contribution in [0.25, 0.3) is 22.2 Å². The van der Waals surface area contributed by atoms with Crippen molar-refractivity contribution in [1.82, 2.24) is 24.3 Å². The minimum atomic E-state index is -0.646. The van der Waals surface area contributed by atoms with Gasteiger partial charge in [-0.1, -0.05) is 11.6 Å². The minimum Gasteiger partial charge on any atom is -0.392 e. The van der Waals surface area contributed by atoms with E-state index in [1.807, 2.05) is 0 Å². The summed E-state index contributed by atoms with van der Waals surface area (Å²) in [7, 11) is 1.79. The molecule has 0 unspecified atom stereocenters. The Morgan fingerprint density at radius 2 is 2.23 bits per heavy atom. The Kier molecular flexibility index (Phi) is 3.67. The van der Waals surface area contributed by atoms with E-state index in [1.54, 1.807) is 31.0 Å². The number of fused-ring (bicyclic) bond motifs is 1. The Labute approximate surface area is 130 Å². The largest absolute Gasteiger partial charge is 0.392 e. The maximum atomic E-state index is 12.5. The summed E-state index contributed by atoms with van der Waals surface area (Å²) in [6, 6.07) is 1.49. The molecule has 114 valence electrons. The van der Waals surface area contributed by atoms with E-state index in [4.69, 9.17) is 11.6 Å². The molecule has 1 N–H and O–H groups in total. The Balaban J connectivity index is 2.27. The van der Waals surface area contributed by atoms with Crippen molar-refractivity contribution in [1.29, 1.82) is 0 Å². The van der Waals surface area contributed by atoms with Gasteiger partial charge in [0.2, 0.25) is 0 Å². The molecular weight excluding hydrogens is 306 g/mol. The SMILES string of the molecule is C[C@@H](O)Cn1cnc2c(-c3cnn(C)c3)nc(Cl)cc2c1=O. The fraction of sp³-hybridized carbons (Fsp3) is 0.286. The predicted molar refractivity (Wildman–Crippen MR) is 82.7 cm³/mol. The zero-order valence-electron chi connectivity index (χ0n) is 12.1. The molecule has 0 fully saturated rings. The van der Waals surface area contributed by atoms with Crippen molar-refractivity contribution in [2.75, 3.05) is 0 Å². The monoisotopic (exact) mass is 319 g/mol. The van der Waals surface area contributed by atoms with Gasteiger partial charge in [0.15, 0.2) is 0 Å². The summed E-state index contributed by atoms with van der Waals surface area (Å²) in [5, 5.41) is 14.1. The number of rotatable bonds is 3. The van der Waals surface area contributed by atoms with E-state index in [1.165, 1.54) is 17.0 Å². The molecule has 3 heterocycles. The van der Waals surface area contributed by atoms with Gasteiger partial charge in [-0.15, -0.1) is 0 Å². The summed E-state index contributed by atoms with van der Waals surface area (Å²) in [5.74, 6) is 0. The standard InChI is InChI=1S/C14H14ClN5O2/c1-8(21)5-20-7-16-13-10(14(20)22)3-11(15)18-12(13)9-4-17-19(2)6-9/h3-4,6-8,21H,5H2,1-2H3/t8-/m1/s1. The number of nitrogens with zero attached hydrogens (tertiary/aromatic N) is 5. The minimum absolute atomic E-state index is 0.171. The van der Waals surface area contributed by atoms with Gasteiger partial charge in [-0.25, -0.2) is 9.97 Å². The lowest BCUT2D eigenvalue weighted by atomic mass is 10.1. The molecule has 7 nitrogen and oxygen atoms in total. The van der Waals surface area contributed by atoms with Gasteiger partial charge in [0.05, 0.1) is 30.6 Å². The Hall–Kier alpha value is -2.25. The average molecular weight is 320 g/mol. The van der Waals surface area contributed by atoms with E-state index in [-0.39, 0.29) is 17.3 Å². The maximum Gasteiger partial charge on any atom is 0.261 e. The van der Waals surface area contributed by atoms with E-state index >= 15 is 0 Å². The second-order valence-electron chi connectivity index (χ2n) is 5.14. The first kappa shape index (κ1) is 14.7. The van der Waals surface area contributed by atoms with Crippen LogP contribution in [0.5, 0.6) is 0 Å². The van der Waals surface area contributed by atoms with Crippen molar-refractivity contribution < 1.29 is 5.11 Å². The number of aliphatic hydroxyl groups is 1. The lowest BCUT2D eigenvalue weighted by Crippen LogP contribution is -2.25. The fourth-order valence-electron chi connectivity index (χ4n) is 2.29. The topological polar surface area (TPSA) is 85.8 Å². The van der Waals surface area contributed by atoms with Crippen molar-refractivity contribution in [2.24, 2.45) is 7.05 Å². The van der Waals surface area contributed by atoms with Crippen LogP contribution >= 0.6 is 11.6 Å². The van der Waals surface area contributed by atoms with Crippen molar-refractivity contribution in [3.8, 4) is 11.3 Å². The molecule has 0 aromatic carbocycles. The molecule has 3 aromatic rings. The number of halogens is 1. The first-order chi connectivity index (χ1) is 10.5. The van der Waals surface area contributed by atoms with Gasteiger partial charge in [-0.2, -0.15) is 5.10 Å². The van der Waals surface area contributed by atoms with Crippen LogP contribution in [0.3, 0.4) is 0 Å². The Morgan fingerprint density at radius 1 is 1.45 bits per heavy atom. The van der Waals surface area contributed by atoms with Crippen molar-refractivity contribution in [3.05, 3.63) is 40.3 Å². The average Bonchev–Trinajstić information content (AvgIpc) is 2.88. The van der Waals surface area contributed by atoms with Gasteiger partial charge in [0, 0.05) is 18.8 Å². The second-order valence-corrected chi connectivity index (χ2v) is 5.53. The number of pyridine rings is 1. The van der Waals surface area contributed by atoms with Crippen LogP contribution in [-0.2, 0) is 13.6 Å². The fourth-order valence-corrected chi connectivity index (χ4v) is 2.49. The van der Waals surface area contributed by atoms with Gasteiger partial charge in [-0.3, -0.25) is 14.0 Å². The van der Waals surface area contributed by atoms with Gasteiger partial charge >= 0.3 is 0 Å². The zero-order valence-corrected chi connectivity index (χ0v) is 12.8. The van der Waals surface area contributed by atoms with Crippen molar-refractivity contribution >= 4 is 22.5 Å². The zero-order chi connectivity index (χ0) is 15.9. The van der Waals surface area contributed by atoms with Crippen LogP contribution in [-0.4, -0.2) is 35.5 Å². The summed E-state index contributed by atoms with van der Waals surface area (Å²) in [6.45, 7) is 1.78. The van der Waals surface area contributed by atoms with Gasteiger partial charge < -0.3 is 5.11 Å².